The van der Waals surface area contributed by atoms with E-state index in [1.165, 1.54) is 0 Å². The summed E-state index contributed by atoms with van der Waals surface area (Å²) in [4.78, 5) is 0. The molecule has 0 atom stereocenters. The second kappa shape index (κ2) is 6.01. The third-order valence-corrected chi connectivity index (χ3v) is 2.39. The molecule has 0 unspecified atom stereocenters. The van der Waals surface area contributed by atoms with Gasteiger partial charge in [0.1, 0.15) is 5.75 Å². The van der Waals surface area contributed by atoms with Crippen LogP contribution in [0, 0.1) is 0 Å². The van der Waals surface area contributed by atoms with E-state index in [4.69, 9.17) is 14.9 Å². The zero-order valence-corrected chi connectivity index (χ0v) is 9.33. The monoisotopic (exact) mass is 260 g/mol. The van der Waals surface area contributed by atoms with Crippen LogP contribution >= 0.6 is 15.9 Å². The van der Waals surface area contributed by atoms with E-state index in [2.05, 4.69) is 15.9 Å². The summed E-state index contributed by atoms with van der Waals surface area (Å²) in [6.07, 6.45) is 0.589. The van der Waals surface area contributed by atoms with Crippen molar-refractivity contribution in [1.82, 2.24) is 0 Å². The molecule has 0 amide bonds. The minimum Gasteiger partial charge on any atom is -0.492 e. The number of aliphatic hydroxyl groups excluding tert-OH is 2. The number of benzene rings is 1. The summed E-state index contributed by atoms with van der Waals surface area (Å²) in [5.74, 6) is 0.656. The molecule has 0 fully saturated rings. The van der Waals surface area contributed by atoms with E-state index in [9.17, 15) is 0 Å². The third-order valence-electron chi connectivity index (χ3n) is 1.77. The number of para-hydroxylation sites is 1. The summed E-state index contributed by atoms with van der Waals surface area (Å²) in [5, 5.41) is 17.6. The Labute approximate surface area is 91.5 Å². The lowest BCUT2D eigenvalue weighted by Gasteiger charge is -2.11. The number of halogens is 1. The summed E-state index contributed by atoms with van der Waals surface area (Å²) >= 11 is 3.34. The Morgan fingerprint density at radius 2 is 2.07 bits per heavy atom. The van der Waals surface area contributed by atoms with Crippen molar-refractivity contribution >= 4 is 15.9 Å². The van der Waals surface area contributed by atoms with E-state index in [1.807, 2.05) is 12.1 Å². The predicted molar refractivity (Wildman–Crippen MR) is 57.3 cm³/mol. The molecule has 0 bridgehead atoms. The molecule has 0 aliphatic heterocycles. The highest BCUT2D eigenvalue weighted by Gasteiger charge is 2.06. The van der Waals surface area contributed by atoms with Crippen LogP contribution in [0.2, 0.25) is 0 Å². The summed E-state index contributed by atoms with van der Waals surface area (Å²) < 4.78 is 6.25. The van der Waals surface area contributed by atoms with Crippen LogP contribution in [0.3, 0.4) is 0 Å². The fraction of sp³-hybridized carbons (Fsp3) is 0.400. The van der Waals surface area contributed by atoms with E-state index >= 15 is 0 Å². The highest BCUT2D eigenvalue weighted by atomic mass is 79.9. The molecule has 0 spiro atoms. The van der Waals surface area contributed by atoms with Crippen molar-refractivity contribution < 1.29 is 14.9 Å². The average Bonchev–Trinajstić information content (AvgIpc) is 2.20. The maximum absolute atomic E-state index is 9.05. The van der Waals surface area contributed by atoms with Crippen molar-refractivity contribution in [2.45, 2.75) is 13.0 Å². The Balaban J connectivity index is 2.72. The predicted octanol–water partition coefficient (Wildman–Crippen LogP) is 1.70. The minimum atomic E-state index is -0.0477. The second-order valence-electron chi connectivity index (χ2n) is 2.81. The number of hydrogen-bond acceptors (Lipinski definition) is 3. The Kier molecular flexibility index (Phi) is 4.93. The molecule has 2 N–H and O–H groups in total. The van der Waals surface area contributed by atoms with Gasteiger partial charge in [0.25, 0.3) is 0 Å². The number of ether oxygens (including phenoxy) is 1. The SMILES string of the molecule is OCCCOc1c(Br)cccc1CO. The van der Waals surface area contributed by atoms with Gasteiger partial charge in [0.15, 0.2) is 0 Å². The Morgan fingerprint density at radius 1 is 1.29 bits per heavy atom. The van der Waals surface area contributed by atoms with Gasteiger partial charge in [-0.2, -0.15) is 0 Å². The van der Waals surface area contributed by atoms with Gasteiger partial charge < -0.3 is 14.9 Å². The number of aliphatic hydroxyl groups is 2. The molecule has 14 heavy (non-hydrogen) atoms. The summed E-state index contributed by atoms with van der Waals surface area (Å²) in [5.41, 5.74) is 0.748. The van der Waals surface area contributed by atoms with Gasteiger partial charge in [-0.1, -0.05) is 12.1 Å². The van der Waals surface area contributed by atoms with Gasteiger partial charge in [-0.3, -0.25) is 0 Å². The molecule has 3 nitrogen and oxygen atoms in total. The molecule has 0 radical (unpaired) electrons. The van der Waals surface area contributed by atoms with Crippen LogP contribution in [0.4, 0.5) is 0 Å². The zero-order valence-electron chi connectivity index (χ0n) is 7.74. The molecule has 1 rings (SSSR count). The van der Waals surface area contributed by atoms with Crippen LogP contribution in [0.15, 0.2) is 22.7 Å². The molecular formula is C10H13BrO3. The largest absolute Gasteiger partial charge is 0.492 e. The molecule has 0 aliphatic carbocycles. The lowest BCUT2D eigenvalue weighted by Crippen LogP contribution is -2.02. The maximum atomic E-state index is 9.05. The molecule has 0 heterocycles. The molecule has 0 aromatic heterocycles. The Hall–Kier alpha value is -0.580. The lowest BCUT2D eigenvalue weighted by atomic mass is 10.2. The molecule has 0 saturated heterocycles. The lowest BCUT2D eigenvalue weighted by molar-refractivity contribution is 0.225. The highest BCUT2D eigenvalue weighted by Crippen LogP contribution is 2.29. The smallest absolute Gasteiger partial charge is 0.138 e. The first kappa shape index (κ1) is 11.5. The summed E-state index contributed by atoms with van der Waals surface area (Å²) in [7, 11) is 0. The van der Waals surface area contributed by atoms with Gasteiger partial charge in [0, 0.05) is 18.6 Å². The summed E-state index contributed by atoms with van der Waals surface area (Å²) in [6.45, 7) is 0.513. The van der Waals surface area contributed by atoms with Gasteiger partial charge in [0.05, 0.1) is 17.7 Å². The maximum Gasteiger partial charge on any atom is 0.138 e. The van der Waals surface area contributed by atoms with Crippen molar-refractivity contribution in [2.24, 2.45) is 0 Å². The first-order chi connectivity index (χ1) is 6.79. The molecule has 0 saturated carbocycles. The quantitative estimate of drug-likeness (QED) is 0.793. The van der Waals surface area contributed by atoms with Crippen molar-refractivity contribution in [1.29, 1.82) is 0 Å². The van der Waals surface area contributed by atoms with Crippen molar-refractivity contribution in [2.75, 3.05) is 13.2 Å². The minimum absolute atomic E-state index is 0.0477. The zero-order chi connectivity index (χ0) is 10.4. The molecule has 78 valence electrons. The van der Waals surface area contributed by atoms with E-state index < -0.39 is 0 Å². The molecule has 0 aliphatic rings. The van der Waals surface area contributed by atoms with E-state index in [1.54, 1.807) is 6.07 Å². The van der Waals surface area contributed by atoms with Crippen LogP contribution in [-0.4, -0.2) is 23.4 Å². The van der Waals surface area contributed by atoms with Crippen LogP contribution in [0.5, 0.6) is 5.75 Å². The fourth-order valence-corrected chi connectivity index (χ4v) is 1.60. The van der Waals surface area contributed by atoms with Crippen molar-refractivity contribution in [3.05, 3.63) is 28.2 Å². The first-order valence-electron chi connectivity index (χ1n) is 4.41. The van der Waals surface area contributed by atoms with Crippen LogP contribution in [0.1, 0.15) is 12.0 Å². The number of rotatable bonds is 5. The van der Waals surface area contributed by atoms with Gasteiger partial charge in [-0.05, 0) is 22.0 Å². The second-order valence-corrected chi connectivity index (χ2v) is 3.67. The Morgan fingerprint density at radius 3 is 2.71 bits per heavy atom. The van der Waals surface area contributed by atoms with Gasteiger partial charge >= 0.3 is 0 Å². The molecule has 1 aromatic rings. The van der Waals surface area contributed by atoms with Crippen LogP contribution < -0.4 is 4.74 Å². The average molecular weight is 261 g/mol. The van der Waals surface area contributed by atoms with E-state index in [0.717, 1.165) is 10.0 Å². The molecule has 4 heteroatoms. The van der Waals surface area contributed by atoms with Crippen LogP contribution in [0.25, 0.3) is 0 Å². The van der Waals surface area contributed by atoms with E-state index in [-0.39, 0.29) is 13.2 Å². The van der Waals surface area contributed by atoms with Crippen molar-refractivity contribution in [3.8, 4) is 5.75 Å². The van der Waals surface area contributed by atoms with Gasteiger partial charge in [-0.15, -0.1) is 0 Å². The van der Waals surface area contributed by atoms with E-state index in [0.29, 0.717) is 18.8 Å². The van der Waals surface area contributed by atoms with Gasteiger partial charge in [0.2, 0.25) is 0 Å². The number of hydrogen-bond donors (Lipinski definition) is 2. The van der Waals surface area contributed by atoms with Crippen LogP contribution in [-0.2, 0) is 6.61 Å². The summed E-state index contributed by atoms with van der Waals surface area (Å²) in [6, 6.07) is 5.50. The van der Waals surface area contributed by atoms with Gasteiger partial charge in [-0.25, -0.2) is 0 Å². The first-order valence-corrected chi connectivity index (χ1v) is 5.20. The standard InChI is InChI=1S/C10H13BrO3/c11-9-4-1-3-8(7-13)10(9)14-6-2-5-12/h1,3-4,12-13H,2,5-7H2. The fourth-order valence-electron chi connectivity index (χ4n) is 1.08. The third kappa shape index (κ3) is 2.97. The topological polar surface area (TPSA) is 49.7 Å². The molecule has 1 aromatic carbocycles. The normalized spacial score (nSPS) is 10.2. The highest BCUT2D eigenvalue weighted by molar-refractivity contribution is 9.10. The van der Waals surface area contributed by atoms with Crippen molar-refractivity contribution in [3.63, 3.8) is 0 Å². The molecular weight excluding hydrogens is 248 g/mol. The Bertz CT molecular complexity index is 289.